The van der Waals surface area contributed by atoms with Crippen LogP contribution in [0.2, 0.25) is 0 Å². The summed E-state index contributed by atoms with van der Waals surface area (Å²) in [7, 11) is 2.95. The number of methoxy groups -OCH3 is 2. The number of nitrogens with one attached hydrogen (secondary N) is 3. The van der Waals surface area contributed by atoms with E-state index in [1.54, 1.807) is 25.1 Å². The van der Waals surface area contributed by atoms with E-state index in [2.05, 4.69) is 16.0 Å². The monoisotopic (exact) mass is 403 g/mol. The molecule has 1 atom stereocenters. The summed E-state index contributed by atoms with van der Waals surface area (Å²) >= 11 is 0. The molecule has 0 radical (unpaired) electrons. The smallest absolute Gasteiger partial charge is 0.319 e. The summed E-state index contributed by atoms with van der Waals surface area (Å²) in [5.41, 5.74) is 1.06. The number of carbonyl (C=O) groups is 2. The highest BCUT2D eigenvalue weighted by Gasteiger charge is 2.33. The van der Waals surface area contributed by atoms with Crippen LogP contribution in [-0.4, -0.2) is 26.2 Å². The molecule has 0 aromatic heterocycles. The Hall–Kier alpha value is -3.62. The van der Waals surface area contributed by atoms with Crippen LogP contribution < -0.4 is 25.4 Å². The summed E-state index contributed by atoms with van der Waals surface area (Å²) < 4.78 is 37.2. The van der Waals surface area contributed by atoms with Gasteiger partial charge >= 0.3 is 6.03 Å². The van der Waals surface area contributed by atoms with Crippen molar-refractivity contribution < 1.29 is 27.8 Å². The number of ether oxygens (including phenoxy) is 2. The van der Waals surface area contributed by atoms with Crippen LogP contribution in [-0.2, 0) is 4.79 Å². The molecule has 0 spiro atoms. The molecule has 0 unspecified atom stereocenters. The number of urea groups is 1. The fourth-order valence-corrected chi connectivity index (χ4v) is 3.07. The van der Waals surface area contributed by atoms with Gasteiger partial charge in [-0.1, -0.05) is 0 Å². The van der Waals surface area contributed by atoms with Gasteiger partial charge in [-0.15, -0.1) is 0 Å². The maximum Gasteiger partial charge on any atom is 0.319 e. The molecule has 3 amide bonds. The first-order valence-corrected chi connectivity index (χ1v) is 8.60. The van der Waals surface area contributed by atoms with Crippen molar-refractivity contribution in [2.75, 3.05) is 19.5 Å². The highest BCUT2D eigenvalue weighted by atomic mass is 19.2. The number of hydrogen-bond acceptors (Lipinski definition) is 4. The zero-order valence-corrected chi connectivity index (χ0v) is 15.9. The van der Waals surface area contributed by atoms with Crippen molar-refractivity contribution in [1.82, 2.24) is 10.6 Å². The van der Waals surface area contributed by atoms with Crippen LogP contribution in [0.1, 0.15) is 18.5 Å². The molecule has 1 aliphatic heterocycles. The summed E-state index contributed by atoms with van der Waals surface area (Å²) in [6.07, 6.45) is 0. The van der Waals surface area contributed by atoms with Crippen molar-refractivity contribution in [3.05, 3.63) is 64.9 Å². The number of benzene rings is 2. The molecule has 7 nitrogen and oxygen atoms in total. The van der Waals surface area contributed by atoms with Crippen LogP contribution >= 0.6 is 0 Å². The third-order valence-electron chi connectivity index (χ3n) is 4.44. The van der Waals surface area contributed by atoms with E-state index in [0.717, 1.165) is 12.1 Å². The quantitative estimate of drug-likeness (QED) is 0.715. The minimum Gasteiger partial charge on any atom is -0.497 e. The number of hydrogen-bond donors (Lipinski definition) is 3. The molecule has 9 heteroatoms. The molecule has 152 valence electrons. The van der Waals surface area contributed by atoms with Gasteiger partial charge in [-0.25, -0.2) is 13.6 Å². The number of rotatable bonds is 5. The molecule has 1 aliphatic rings. The molecular formula is C20H19F2N3O4. The summed E-state index contributed by atoms with van der Waals surface area (Å²) in [5.74, 6) is -1.77. The fraction of sp³-hybridized carbons (Fsp3) is 0.200. The highest BCUT2D eigenvalue weighted by molar-refractivity contribution is 6.06. The topological polar surface area (TPSA) is 88.7 Å². The molecule has 1 heterocycles. The van der Waals surface area contributed by atoms with Crippen LogP contribution in [0, 0.1) is 11.6 Å². The Labute approximate surface area is 165 Å². The molecular weight excluding hydrogens is 384 g/mol. The Morgan fingerprint density at radius 1 is 1.07 bits per heavy atom. The van der Waals surface area contributed by atoms with Crippen molar-refractivity contribution in [1.29, 1.82) is 0 Å². The zero-order valence-electron chi connectivity index (χ0n) is 15.9. The van der Waals surface area contributed by atoms with Crippen molar-refractivity contribution in [3.8, 4) is 11.5 Å². The van der Waals surface area contributed by atoms with Gasteiger partial charge in [-0.05, 0) is 37.3 Å². The molecule has 0 bridgehead atoms. The Morgan fingerprint density at radius 2 is 1.83 bits per heavy atom. The fourth-order valence-electron chi connectivity index (χ4n) is 3.07. The number of anilines is 1. The van der Waals surface area contributed by atoms with Gasteiger partial charge in [0, 0.05) is 23.0 Å². The summed E-state index contributed by atoms with van der Waals surface area (Å²) in [5, 5.41) is 7.76. The lowest BCUT2D eigenvalue weighted by atomic mass is 9.93. The zero-order chi connectivity index (χ0) is 21.1. The first-order valence-electron chi connectivity index (χ1n) is 8.60. The molecule has 0 aliphatic carbocycles. The van der Waals surface area contributed by atoms with Crippen molar-refractivity contribution in [3.63, 3.8) is 0 Å². The Bertz CT molecular complexity index is 1010. The third kappa shape index (κ3) is 4.13. The van der Waals surface area contributed by atoms with Gasteiger partial charge < -0.3 is 25.4 Å². The second-order valence-corrected chi connectivity index (χ2v) is 6.26. The van der Waals surface area contributed by atoms with Crippen LogP contribution in [0.5, 0.6) is 11.5 Å². The SMILES string of the molecule is COc1ccc(OC)c([C@@H]2NC(=O)NC(C)=C2C(=O)Nc2ccc(F)c(F)c2)c1. The van der Waals surface area contributed by atoms with Crippen LogP contribution in [0.3, 0.4) is 0 Å². The third-order valence-corrected chi connectivity index (χ3v) is 4.44. The molecule has 2 aromatic carbocycles. The number of halogens is 2. The van der Waals surface area contributed by atoms with Crippen molar-refractivity contribution >= 4 is 17.6 Å². The van der Waals surface area contributed by atoms with E-state index >= 15 is 0 Å². The molecule has 29 heavy (non-hydrogen) atoms. The first kappa shape index (κ1) is 20.1. The van der Waals surface area contributed by atoms with Crippen LogP contribution in [0.4, 0.5) is 19.3 Å². The largest absolute Gasteiger partial charge is 0.497 e. The van der Waals surface area contributed by atoms with E-state index in [-0.39, 0.29) is 11.3 Å². The second-order valence-electron chi connectivity index (χ2n) is 6.26. The van der Waals surface area contributed by atoms with Crippen LogP contribution in [0.15, 0.2) is 47.7 Å². The second kappa shape index (κ2) is 8.17. The normalized spacial score (nSPS) is 16.0. The van der Waals surface area contributed by atoms with Gasteiger partial charge in [0.05, 0.1) is 25.8 Å². The van der Waals surface area contributed by atoms with Gasteiger partial charge in [-0.2, -0.15) is 0 Å². The maximum atomic E-state index is 13.5. The van der Waals surface area contributed by atoms with E-state index in [0.29, 0.717) is 22.8 Å². The molecule has 2 aromatic rings. The summed E-state index contributed by atoms with van der Waals surface area (Å²) in [6.45, 7) is 1.57. The van der Waals surface area contributed by atoms with Crippen molar-refractivity contribution in [2.24, 2.45) is 0 Å². The lowest BCUT2D eigenvalue weighted by Crippen LogP contribution is -2.46. The minimum absolute atomic E-state index is 0.0717. The van der Waals surface area contributed by atoms with Crippen molar-refractivity contribution in [2.45, 2.75) is 13.0 Å². The maximum absolute atomic E-state index is 13.5. The summed E-state index contributed by atoms with van der Waals surface area (Å²) in [6, 6.07) is 6.65. The molecule has 3 N–H and O–H groups in total. The highest BCUT2D eigenvalue weighted by Crippen LogP contribution is 2.36. The van der Waals surface area contributed by atoms with Gasteiger partial charge in [0.15, 0.2) is 11.6 Å². The van der Waals surface area contributed by atoms with E-state index in [9.17, 15) is 18.4 Å². The van der Waals surface area contributed by atoms with Gasteiger partial charge in [-0.3, -0.25) is 4.79 Å². The predicted octanol–water partition coefficient (Wildman–Crippen LogP) is 3.25. The van der Waals surface area contributed by atoms with E-state index in [1.165, 1.54) is 20.3 Å². The lowest BCUT2D eigenvalue weighted by Gasteiger charge is -2.29. The molecule has 0 fully saturated rings. The molecule has 3 rings (SSSR count). The van der Waals surface area contributed by atoms with Gasteiger partial charge in [0.2, 0.25) is 0 Å². The predicted molar refractivity (Wildman–Crippen MR) is 102 cm³/mol. The molecule has 0 saturated carbocycles. The van der Waals surface area contributed by atoms with E-state index in [1.807, 2.05) is 0 Å². The lowest BCUT2D eigenvalue weighted by molar-refractivity contribution is -0.113. The van der Waals surface area contributed by atoms with Gasteiger partial charge in [0.1, 0.15) is 11.5 Å². The van der Waals surface area contributed by atoms with E-state index in [4.69, 9.17) is 9.47 Å². The van der Waals surface area contributed by atoms with Gasteiger partial charge in [0.25, 0.3) is 5.91 Å². The van der Waals surface area contributed by atoms with Crippen LogP contribution in [0.25, 0.3) is 0 Å². The number of amides is 3. The summed E-state index contributed by atoms with van der Waals surface area (Å²) in [4.78, 5) is 25.0. The average molecular weight is 403 g/mol. The first-order chi connectivity index (χ1) is 13.8. The Balaban J connectivity index is 2.02. The molecule has 0 saturated heterocycles. The number of allylic oxidation sites excluding steroid dienone is 1. The average Bonchev–Trinajstić information content (AvgIpc) is 2.69. The Morgan fingerprint density at radius 3 is 2.48 bits per heavy atom. The number of carbonyl (C=O) groups excluding carboxylic acids is 2. The van der Waals surface area contributed by atoms with E-state index < -0.39 is 29.6 Å². The Kier molecular flexibility index (Phi) is 5.67. The standard InChI is InChI=1S/C20H19F2N3O4/c1-10-17(19(26)24-11-4-6-14(21)15(22)8-11)18(25-20(27)23-10)13-9-12(28-2)5-7-16(13)29-3/h4-9,18H,1-3H3,(H,24,26)(H2,23,25,27)/t18-/m0/s1. The minimum atomic E-state index is -1.09.